The molecular formula is C27H18N5Na3O11S3. The second-order valence-electron chi connectivity index (χ2n) is 9.29. The van der Waals surface area contributed by atoms with Crippen LogP contribution in [0.15, 0.2) is 103 Å². The first kappa shape index (κ1) is 43.1. The number of phenolic OH excluding ortho intramolecular Hbond substituents is 1. The van der Waals surface area contributed by atoms with Crippen LogP contribution in [0, 0.1) is 0 Å². The second kappa shape index (κ2) is 17.4. The van der Waals surface area contributed by atoms with Crippen molar-refractivity contribution in [3.8, 4) is 17.2 Å². The standard InChI is InChI=1S/C27H21N5O11S3.3Na/c1-42-16-4-2-15(3-5-16)29-30-22-8-9-23(20-12-17(45(36,37)38)6-7-18(20)22)31-32-26-24(43-44(34)35)10-14-11-25(46(39,40)41)21(28)13-19(14)27(26)33;;;/h2-13,33H,28H2,1H3,(H,34,35)(H,36,37,38)(H,39,40,41);;;/q;3*+1/p-3. The van der Waals surface area contributed by atoms with Gasteiger partial charge in [0.1, 0.15) is 37.3 Å². The first-order valence-corrected chi connectivity index (χ1v) is 16.3. The average molecular weight is 754 g/mol. The topological polar surface area (TPSA) is 269 Å². The number of hydrogen-bond donors (Lipinski definition) is 2. The molecule has 1 unspecified atom stereocenters. The van der Waals surface area contributed by atoms with Gasteiger partial charge in [0.2, 0.25) is 0 Å². The summed E-state index contributed by atoms with van der Waals surface area (Å²) in [6.07, 6.45) is 0. The van der Waals surface area contributed by atoms with E-state index < -0.39 is 64.3 Å². The summed E-state index contributed by atoms with van der Waals surface area (Å²) in [5.74, 6) is -0.764. The van der Waals surface area contributed by atoms with Crippen molar-refractivity contribution >= 4 is 81.6 Å². The van der Waals surface area contributed by atoms with Gasteiger partial charge in [0.15, 0.2) is 17.2 Å². The number of benzene rings is 5. The zero-order valence-electron chi connectivity index (χ0n) is 26.0. The molecule has 0 saturated carbocycles. The van der Waals surface area contributed by atoms with Gasteiger partial charge in [-0.2, -0.15) is 5.11 Å². The van der Waals surface area contributed by atoms with Crippen LogP contribution in [0.25, 0.3) is 21.5 Å². The monoisotopic (exact) mass is 753 g/mol. The number of nitrogen functional groups attached to an aromatic ring is 1. The number of aromatic hydroxyl groups is 1. The molecule has 5 aromatic carbocycles. The maximum atomic E-state index is 11.8. The van der Waals surface area contributed by atoms with Crippen molar-refractivity contribution < 1.29 is 137 Å². The number of anilines is 1. The average Bonchev–Trinajstić information content (AvgIpc) is 2.99. The summed E-state index contributed by atoms with van der Waals surface area (Å²) in [4.78, 5) is -1.41. The number of methoxy groups -OCH3 is 1. The van der Waals surface area contributed by atoms with Gasteiger partial charge in [-0.1, -0.05) is 6.07 Å². The second-order valence-corrected chi connectivity index (χ2v) is 12.6. The SMILES string of the molecule is COc1ccc(N=Nc2ccc(N=Nc3c(OS(=O)[O-])cc4cc(S(=O)(=O)[O-])c(N)cc4c3O)c3cc(S(=O)(=O)[O-])ccc23)cc1.[Na+].[Na+].[Na+]. The maximum Gasteiger partial charge on any atom is 1.00 e. The minimum atomic E-state index is -5.04. The van der Waals surface area contributed by atoms with E-state index in [0.29, 0.717) is 16.8 Å². The predicted molar refractivity (Wildman–Crippen MR) is 161 cm³/mol. The Morgan fingerprint density at radius 3 is 1.94 bits per heavy atom. The Hall–Kier alpha value is -2.05. The molecule has 1 atom stereocenters. The summed E-state index contributed by atoms with van der Waals surface area (Å²) in [6.45, 7) is 0. The van der Waals surface area contributed by atoms with E-state index >= 15 is 0 Å². The number of azo groups is 2. The van der Waals surface area contributed by atoms with E-state index in [-0.39, 0.29) is 116 Å². The van der Waals surface area contributed by atoms with Crippen molar-refractivity contribution in [2.75, 3.05) is 12.8 Å². The molecule has 0 amide bonds. The number of ether oxygens (including phenoxy) is 1. The Labute approximate surface area is 348 Å². The van der Waals surface area contributed by atoms with Crippen LogP contribution < -0.4 is 103 Å². The molecule has 22 heteroatoms. The van der Waals surface area contributed by atoms with E-state index in [9.17, 15) is 39.8 Å². The van der Waals surface area contributed by atoms with Crippen molar-refractivity contribution in [1.82, 2.24) is 0 Å². The normalized spacial score (nSPS) is 12.3. The van der Waals surface area contributed by atoms with E-state index in [4.69, 9.17) is 14.7 Å². The van der Waals surface area contributed by atoms with Gasteiger partial charge < -0.3 is 33.4 Å². The number of nitrogens with zero attached hydrogens (tertiary/aromatic N) is 4. The van der Waals surface area contributed by atoms with Crippen LogP contribution in [-0.2, 0) is 31.6 Å². The Bertz CT molecular complexity index is 2350. The number of fused-ring (bicyclic) bond motifs is 2. The van der Waals surface area contributed by atoms with Crippen molar-refractivity contribution in [2.24, 2.45) is 20.5 Å². The van der Waals surface area contributed by atoms with Crippen LogP contribution in [0.4, 0.5) is 28.4 Å². The van der Waals surface area contributed by atoms with Crippen LogP contribution in [-0.4, -0.2) is 46.9 Å². The van der Waals surface area contributed by atoms with Gasteiger partial charge in [-0.05, 0) is 72.1 Å². The van der Waals surface area contributed by atoms with Crippen molar-refractivity contribution in [3.05, 3.63) is 72.8 Å². The third-order valence-electron chi connectivity index (χ3n) is 6.44. The Balaban J connectivity index is 0.00000278. The quantitative estimate of drug-likeness (QED) is 0.0481. The molecule has 0 radical (unpaired) electrons. The van der Waals surface area contributed by atoms with Crippen LogP contribution in [0.3, 0.4) is 0 Å². The van der Waals surface area contributed by atoms with Gasteiger partial charge in [0.25, 0.3) is 0 Å². The van der Waals surface area contributed by atoms with E-state index in [1.165, 1.54) is 25.3 Å². The molecular weight excluding hydrogens is 735 g/mol. The van der Waals surface area contributed by atoms with Crippen LogP contribution in [0.5, 0.6) is 17.2 Å². The van der Waals surface area contributed by atoms with Crippen molar-refractivity contribution in [2.45, 2.75) is 9.79 Å². The van der Waals surface area contributed by atoms with Crippen LogP contribution >= 0.6 is 0 Å². The fourth-order valence-electron chi connectivity index (χ4n) is 4.33. The number of rotatable bonds is 9. The number of phenols is 1. The summed E-state index contributed by atoms with van der Waals surface area (Å²) in [7, 11) is -8.45. The first-order valence-electron chi connectivity index (χ1n) is 12.5. The first-order chi connectivity index (χ1) is 21.7. The van der Waals surface area contributed by atoms with Gasteiger partial charge in [-0.15, -0.1) is 15.3 Å². The van der Waals surface area contributed by atoms with E-state index in [1.807, 2.05) is 0 Å². The summed E-state index contributed by atoms with van der Waals surface area (Å²) in [5, 5.41) is 27.4. The van der Waals surface area contributed by atoms with E-state index in [1.54, 1.807) is 24.3 Å². The third-order valence-corrected chi connectivity index (χ3v) is 8.48. The van der Waals surface area contributed by atoms with Crippen LogP contribution in [0.1, 0.15) is 0 Å². The molecule has 0 aromatic heterocycles. The molecule has 5 aromatic rings. The fourth-order valence-corrected chi connectivity index (χ4v) is 5.72. The molecule has 5 rings (SSSR count). The van der Waals surface area contributed by atoms with Crippen molar-refractivity contribution in [1.29, 1.82) is 0 Å². The number of nitrogens with two attached hydrogens (primary N) is 1. The molecule has 3 N–H and O–H groups in total. The summed E-state index contributed by atoms with van der Waals surface area (Å²) in [5.41, 5.74) is 5.31. The minimum Gasteiger partial charge on any atom is -0.744 e. The maximum absolute atomic E-state index is 11.8. The molecule has 0 aliphatic heterocycles. The van der Waals surface area contributed by atoms with E-state index in [0.717, 1.165) is 30.3 Å². The van der Waals surface area contributed by atoms with Crippen molar-refractivity contribution in [3.63, 3.8) is 0 Å². The largest absolute Gasteiger partial charge is 1.00 e. The molecule has 16 nitrogen and oxygen atoms in total. The Kier molecular flexibility index (Phi) is 15.4. The zero-order valence-corrected chi connectivity index (χ0v) is 34.5. The molecule has 49 heavy (non-hydrogen) atoms. The molecule has 0 aliphatic rings. The Morgan fingerprint density at radius 1 is 0.755 bits per heavy atom. The smallest absolute Gasteiger partial charge is 0.744 e. The summed E-state index contributed by atoms with van der Waals surface area (Å²) >= 11 is -3.21. The molecule has 0 heterocycles. The fraction of sp³-hybridized carbons (Fsp3) is 0.0370. The van der Waals surface area contributed by atoms with Gasteiger partial charge in [-0.3, -0.25) is 0 Å². The third kappa shape index (κ3) is 10.1. The van der Waals surface area contributed by atoms with Gasteiger partial charge >= 0.3 is 88.7 Å². The van der Waals surface area contributed by atoms with Gasteiger partial charge in [0.05, 0.1) is 34.0 Å². The zero-order chi connectivity index (χ0) is 33.4. The van der Waals surface area contributed by atoms with E-state index in [2.05, 4.69) is 20.5 Å². The number of hydrogen-bond acceptors (Lipinski definition) is 16. The predicted octanol–water partition coefficient (Wildman–Crippen LogP) is -3.89. The summed E-state index contributed by atoms with van der Waals surface area (Å²) in [6, 6.07) is 15.6. The molecule has 0 spiro atoms. The molecule has 0 bridgehead atoms. The Morgan fingerprint density at radius 2 is 1.37 bits per heavy atom. The van der Waals surface area contributed by atoms with Gasteiger partial charge in [0, 0.05) is 21.8 Å². The summed E-state index contributed by atoms with van der Waals surface area (Å²) < 4.78 is 103. The molecule has 0 aliphatic carbocycles. The molecule has 0 fully saturated rings. The van der Waals surface area contributed by atoms with Gasteiger partial charge in [-0.25, -0.2) is 21.0 Å². The van der Waals surface area contributed by atoms with Crippen LogP contribution in [0.2, 0.25) is 0 Å². The molecule has 0 saturated heterocycles. The molecule has 238 valence electrons. The minimum absolute atomic E-state index is 0.